The maximum Gasteiger partial charge on any atom is 0.144 e. The molecule has 0 bridgehead atoms. The zero-order valence-corrected chi connectivity index (χ0v) is 11.7. The first kappa shape index (κ1) is 12.7. The number of hydrogen-bond acceptors (Lipinski definition) is 3. The van der Waals surface area contributed by atoms with Gasteiger partial charge >= 0.3 is 0 Å². The maximum atomic E-state index is 7.77. The molecule has 0 spiro atoms. The third kappa shape index (κ3) is 1.93. The van der Waals surface area contributed by atoms with E-state index in [0.29, 0.717) is 11.6 Å². The van der Waals surface area contributed by atoms with Crippen LogP contribution in [0.25, 0.3) is 0 Å². The molecule has 2 heterocycles. The molecule has 20 heavy (non-hydrogen) atoms. The number of benzene rings is 1. The highest BCUT2D eigenvalue weighted by Gasteiger charge is 2.29. The second-order valence-electron chi connectivity index (χ2n) is 5.29. The molecule has 0 radical (unpaired) electrons. The fourth-order valence-corrected chi connectivity index (χ4v) is 2.83. The van der Waals surface area contributed by atoms with Crippen molar-refractivity contribution in [3.8, 4) is 0 Å². The van der Waals surface area contributed by atoms with Gasteiger partial charge in [-0.05, 0) is 44.0 Å². The minimum Gasteiger partial charge on any atom is -0.384 e. The second-order valence-corrected chi connectivity index (χ2v) is 5.29. The molecule has 4 nitrogen and oxygen atoms in total. The Balaban J connectivity index is 2.18. The lowest BCUT2D eigenvalue weighted by Crippen LogP contribution is -2.28. The number of nitrogens with one attached hydrogen (secondary N) is 1. The van der Waals surface area contributed by atoms with Crippen LogP contribution < -0.4 is 10.6 Å². The van der Waals surface area contributed by atoms with E-state index in [0.717, 1.165) is 17.9 Å². The van der Waals surface area contributed by atoms with Gasteiger partial charge in [0.15, 0.2) is 0 Å². The molecule has 4 heteroatoms. The predicted molar refractivity (Wildman–Crippen MR) is 81.7 cm³/mol. The van der Waals surface area contributed by atoms with Crippen molar-refractivity contribution in [2.24, 2.45) is 5.73 Å². The van der Waals surface area contributed by atoms with Crippen molar-refractivity contribution in [3.63, 3.8) is 0 Å². The number of para-hydroxylation sites is 1. The number of anilines is 2. The van der Waals surface area contributed by atoms with Crippen molar-refractivity contribution in [1.29, 1.82) is 5.41 Å². The molecular weight excluding hydrogens is 248 g/mol. The summed E-state index contributed by atoms with van der Waals surface area (Å²) >= 11 is 0. The maximum absolute atomic E-state index is 7.77. The summed E-state index contributed by atoms with van der Waals surface area (Å²) in [6, 6.07) is 12.4. The van der Waals surface area contributed by atoms with Crippen molar-refractivity contribution in [1.82, 2.24) is 4.98 Å². The van der Waals surface area contributed by atoms with Gasteiger partial charge in [-0.3, -0.25) is 5.41 Å². The van der Waals surface area contributed by atoms with Crippen molar-refractivity contribution < 1.29 is 0 Å². The monoisotopic (exact) mass is 266 g/mol. The molecular formula is C16H18N4. The minimum atomic E-state index is 0.0593. The standard InChI is InChI=1S/C16H18N4/c1-10-7-8-13(15(17)18)16(19-10)20-11(2)9-12-5-3-4-6-14(12)20/h3-8,11H,9H2,1-2H3,(H3,17,18). The van der Waals surface area contributed by atoms with Gasteiger partial charge in [0, 0.05) is 17.4 Å². The first-order valence-electron chi connectivity index (χ1n) is 6.77. The van der Waals surface area contributed by atoms with Crippen LogP contribution in [0.3, 0.4) is 0 Å². The highest BCUT2D eigenvalue weighted by molar-refractivity contribution is 6.00. The fourth-order valence-electron chi connectivity index (χ4n) is 2.83. The van der Waals surface area contributed by atoms with Gasteiger partial charge in [0.1, 0.15) is 11.7 Å². The first-order valence-corrected chi connectivity index (χ1v) is 6.77. The number of nitrogens with zero attached hydrogens (tertiary/aromatic N) is 2. The fraction of sp³-hybridized carbons (Fsp3) is 0.250. The number of hydrogen-bond donors (Lipinski definition) is 2. The molecule has 3 N–H and O–H groups in total. The van der Waals surface area contributed by atoms with Crippen LogP contribution in [0.15, 0.2) is 36.4 Å². The molecule has 102 valence electrons. The molecule has 1 aliphatic rings. The molecule has 1 aromatic carbocycles. The number of aromatic nitrogens is 1. The van der Waals surface area contributed by atoms with E-state index >= 15 is 0 Å². The normalized spacial score (nSPS) is 17.1. The van der Waals surface area contributed by atoms with Gasteiger partial charge in [-0.2, -0.15) is 0 Å². The third-order valence-electron chi connectivity index (χ3n) is 3.74. The van der Waals surface area contributed by atoms with Crippen LogP contribution >= 0.6 is 0 Å². The van der Waals surface area contributed by atoms with Crippen molar-refractivity contribution in [3.05, 3.63) is 53.2 Å². The van der Waals surface area contributed by atoms with Gasteiger partial charge in [0.25, 0.3) is 0 Å². The lowest BCUT2D eigenvalue weighted by atomic mass is 10.1. The number of pyridine rings is 1. The summed E-state index contributed by atoms with van der Waals surface area (Å²) in [6.45, 7) is 4.13. The quantitative estimate of drug-likeness (QED) is 0.649. The molecule has 0 aliphatic carbocycles. The van der Waals surface area contributed by atoms with E-state index in [2.05, 4.69) is 35.0 Å². The third-order valence-corrected chi connectivity index (χ3v) is 3.74. The Morgan fingerprint density at radius 3 is 2.80 bits per heavy atom. The molecule has 3 rings (SSSR count). The van der Waals surface area contributed by atoms with E-state index in [4.69, 9.17) is 11.1 Å². The SMILES string of the molecule is Cc1ccc(C(=N)N)c(N2c3ccccc3CC2C)n1. The van der Waals surface area contributed by atoms with E-state index in [1.54, 1.807) is 0 Å². The number of nitrogens with two attached hydrogens (primary N) is 1. The first-order chi connectivity index (χ1) is 9.58. The summed E-state index contributed by atoms with van der Waals surface area (Å²) in [4.78, 5) is 6.82. The number of rotatable bonds is 2. The lowest BCUT2D eigenvalue weighted by Gasteiger charge is -2.26. The molecule has 1 atom stereocenters. The van der Waals surface area contributed by atoms with Crippen LogP contribution in [-0.4, -0.2) is 16.9 Å². The molecule has 1 aliphatic heterocycles. The van der Waals surface area contributed by atoms with E-state index in [-0.39, 0.29) is 5.84 Å². The van der Waals surface area contributed by atoms with Crippen LogP contribution in [0.1, 0.15) is 23.7 Å². The van der Waals surface area contributed by atoms with E-state index < -0.39 is 0 Å². The van der Waals surface area contributed by atoms with Crippen LogP contribution in [0.4, 0.5) is 11.5 Å². The number of aryl methyl sites for hydroxylation is 1. The highest BCUT2D eigenvalue weighted by Crippen LogP contribution is 2.38. The Labute approximate surface area is 118 Å². The van der Waals surface area contributed by atoms with Gasteiger partial charge in [-0.25, -0.2) is 4.98 Å². The van der Waals surface area contributed by atoms with E-state index in [9.17, 15) is 0 Å². The topological polar surface area (TPSA) is 66.0 Å². The molecule has 1 unspecified atom stereocenters. The lowest BCUT2D eigenvalue weighted by molar-refractivity contribution is 0.748. The van der Waals surface area contributed by atoms with Crippen LogP contribution in [0.2, 0.25) is 0 Å². The van der Waals surface area contributed by atoms with Crippen molar-refractivity contribution >= 4 is 17.3 Å². The molecule has 0 saturated carbocycles. The number of amidine groups is 1. The Kier molecular flexibility index (Phi) is 2.93. The van der Waals surface area contributed by atoms with Gasteiger partial charge in [0.05, 0.1) is 5.56 Å². The van der Waals surface area contributed by atoms with Gasteiger partial charge < -0.3 is 10.6 Å². The average Bonchev–Trinajstić information content (AvgIpc) is 2.73. The molecule has 0 fully saturated rings. The molecule has 0 saturated heterocycles. The molecule has 2 aromatic rings. The predicted octanol–water partition coefficient (Wildman–Crippen LogP) is 2.76. The second kappa shape index (κ2) is 4.63. The summed E-state index contributed by atoms with van der Waals surface area (Å²) in [5.74, 6) is 0.846. The van der Waals surface area contributed by atoms with E-state index in [1.807, 2.05) is 25.1 Å². The molecule has 1 aromatic heterocycles. The summed E-state index contributed by atoms with van der Waals surface area (Å²) in [5, 5.41) is 7.77. The summed E-state index contributed by atoms with van der Waals surface area (Å²) in [6.07, 6.45) is 0.989. The van der Waals surface area contributed by atoms with Crippen LogP contribution in [0.5, 0.6) is 0 Å². The zero-order chi connectivity index (χ0) is 14.3. The van der Waals surface area contributed by atoms with E-state index in [1.165, 1.54) is 11.3 Å². The summed E-state index contributed by atoms with van der Waals surface area (Å²) < 4.78 is 0. The Hall–Kier alpha value is -2.36. The Morgan fingerprint density at radius 2 is 2.05 bits per heavy atom. The smallest absolute Gasteiger partial charge is 0.144 e. The van der Waals surface area contributed by atoms with Gasteiger partial charge in [-0.15, -0.1) is 0 Å². The van der Waals surface area contributed by atoms with Gasteiger partial charge in [0.2, 0.25) is 0 Å². The van der Waals surface area contributed by atoms with Gasteiger partial charge in [-0.1, -0.05) is 18.2 Å². The Bertz CT molecular complexity index is 678. The number of nitrogen functional groups attached to an aromatic ring is 1. The van der Waals surface area contributed by atoms with Crippen LogP contribution in [-0.2, 0) is 6.42 Å². The largest absolute Gasteiger partial charge is 0.384 e. The summed E-state index contributed by atoms with van der Waals surface area (Å²) in [7, 11) is 0. The molecule has 0 amide bonds. The minimum absolute atomic E-state index is 0.0593. The number of fused-ring (bicyclic) bond motifs is 1. The van der Waals surface area contributed by atoms with Crippen LogP contribution in [0, 0.1) is 12.3 Å². The zero-order valence-electron chi connectivity index (χ0n) is 11.7. The summed E-state index contributed by atoms with van der Waals surface area (Å²) in [5.41, 5.74) is 9.82. The highest BCUT2D eigenvalue weighted by atomic mass is 15.2. The van der Waals surface area contributed by atoms with Crippen molar-refractivity contribution in [2.45, 2.75) is 26.3 Å². The Morgan fingerprint density at radius 1 is 1.30 bits per heavy atom. The van der Waals surface area contributed by atoms with Crippen molar-refractivity contribution in [2.75, 3.05) is 4.90 Å². The average molecular weight is 266 g/mol.